The molecular weight excluding hydrogens is 234 g/mol. The molecule has 5 heteroatoms. The molecule has 0 aliphatic carbocycles. The summed E-state index contributed by atoms with van der Waals surface area (Å²) in [6, 6.07) is 0. The number of ether oxygens (including phenoxy) is 1. The van der Waals surface area contributed by atoms with Crippen molar-refractivity contribution in [3.63, 3.8) is 0 Å². The van der Waals surface area contributed by atoms with E-state index in [1.54, 1.807) is 6.92 Å². The number of imide groups is 1. The van der Waals surface area contributed by atoms with E-state index in [1.807, 2.05) is 0 Å². The largest absolute Gasteiger partial charge is 0.461 e. The first-order chi connectivity index (χ1) is 8.40. The molecule has 0 saturated heterocycles. The maximum absolute atomic E-state index is 11.4. The lowest BCUT2D eigenvalue weighted by molar-refractivity contribution is -0.146. The van der Waals surface area contributed by atoms with Gasteiger partial charge in [0.1, 0.15) is 6.61 Å². The van der Waals surface area contributed by atoms with Crippen molar-refractivity contribution in [3.8, 4) is 0 Å². The minimum absolute atomic E-state index is 0.205. The van der Waals surface area contributed by atoms with Crippen molar-refractivity contribution < 1.29 is 19.1 Å². The molecule has 0 radical (unpaired) electrons. The number of hydrogen-bond donors (Lipinski definition) is 0. The molecule has 0 aliphatic rings. The van der Waals surface area contributed by atoms with Crippen LogP contribution in [0, 0.1) is 5.92 Å². The van der Waals surface area contributed by atoms with Crippen molar-refractivity contribution in [3.05, 3.63) is 12.7 Å². The van der Waals surface area contributed by atoms with E-state index in [0.29, 0.717) is 19.4 Å². The highest BCUT2D eigenvalue weighted by Crippen LogP contribution is 2.09. The standard InChI is InChI=1S/C13H21NO4/c1-5-9-18-13(17)10(2)7-6-8-14(11(3)15)12(4)16/h5,10H,1,6-9H2,2-4H3. The van der Waals surface area contributed by atoms with Crippen LogP contribution < -0.4 is 0 Å². The van der Waals surface area contributed by atoms with Gasteiger partial charge < -0.3 is 4.74 Å². The second-order valence-electron chi connectivity index (χ2n) is 4.15. The van der Waals surface area contributed by atoms with E-state index in [2.05, 4.69) is 6.58 Å². The average Bonchev–Trinajstić information content (AvgIpc) is 2.30. The molecule has 0 fully saturated rings. The number of hydrogen-bond acceptors (Lipinski definition) is 4. The van der Waals surface area contributed by atoms with Crippen LogP contribution in [0.3, 0.4) is 0 Å². The SMILES string of the molecule is C=CCOC(=O)C(C)CCCN(C(C)=O)C(C)=O. The highest BCUT2D eigenvalue weighted by Gasteiger charge is 2.17. The Labute approximate surface area is 108 Å². The third-order valence-corrected chi connectivity index (χ3v) is 2.52. The Hall–Kier alpha value is -1.65. The van der Waals surface area contributed by atoms with E-state index in [0.717, 1.165) is 0 Å². The topological polar surface area (TPSA) is 63.7 Å². The zero-order valence-electron chi connectivity index (χ0n) is 11.3. The maximum atomic E-state index is 11.4. The van der Waals surface area contributed by atoms with Gasteiger partial charge in [0.05, 0.1) is 5.92 Å². The fourth-order valence-corrected chi connectivity index (χ4v) is 1.49. The van der Waals surface area contributed by atoms with Crippen molar-refractivity contribution in [1.82, 2.24) is 4.90 Å². The maximum Gasteiger partial charge on any atom is 0.308 e. The Kier molecular flexibility index (Phi) is 7.67. The smallest absolute Gasteiger partial charge is 0.308 e. The van der Waals surface area contributed by atoms with Crippen molar-refractivity contribution in [2.24, 2.45) is 5.92 Å². The molecule has 0 bridgehead atoms. The summed E-state index contributed by atoms with van der Waals surface area (Å²) in [7, 11) is 0. The van der Waals surface area contributed by atoms with Crippen LogP contribution in [-0.4, -0.2) is 35.8 Å². The number of carbonyl (C=O) groups excluding carboxylic acids is 3. The molecule has 0 aromatic rings. The minimum atomic E-state index is -0.285. The molecule has 18 heavy (non-hydrogen) atoms. The van der Waals surface area contributed by atoms with Gasteiger partial charge in [-0.3, -0.25) is 19.3 Å². The molecule has 0 rings (SSSR count). The fourth-order valence-electron chi connectivity index (χ4n) is 1.49. The molecule has 0 N–H and O–H groups in total. The van der Waals surface area contributed by atoms with Gasteiger partial charge in [0.2, 0.25) is 11.8 Å². The van der Waals surface area contributed by atoms with Gasteiger partial charge in [-0.2, -0.15) is 0 Å². The number of amides is 2. The van der Waals surface area contributed by atoms with E-state index in [9.17, 15) is 14.4 Å². The van der Waals surface area contributed by atoms with E-state index in [-0.39, 0.29) is 30.3 Å². The third-order valence-electron chi connectivity index (χ3n) is 2.52. The van der Waals surface area contributed by atoms with E-state index < -0.39 is 0 Å². The molecule has 0 heterocycles. The first kappa shape index (κ1) is 16.4. The second kappa shape index (κ2) is 8.44. The predicted molar refractivity (Wildman–Crippen MR) is 67.6 cm³/mol. The lowest BCUT2D eigenvalue weighted by Crippen LogP contribution is -2.34. The van der Waals surface area contributed by atoms with Crippen LogP contribution in [0.2, 0.25) is 0 Å². The molecule has 2 amide bonds. The fraction of sp³-hybridized carbons (Fsp3) is 0.615. The summed E-state index contributed by atoms with van der Waals surface area (Å²) >= 11 is 0. The van der Waals surface area contributed by atoms with Crippen LogP contribution in [0.5, 0.6) is 0 Å². The van der Waals surface area contributed by atoms with Crippen molar-refractivity contribution in [2.45, 2.75) is 33.6 Å². The summed E-state index contributed by atoms with van der Waals surface area (Å²) in [6.07, 6.45) is 2.68. The number of carbonyl (C=O) groups is 3. The lowest BCUT2D eigenvalue weighted by atomic mass is 10.1. The van der Waals surface area contributed by atoms with Crippen LogP contribution in [0.15, 0.2) is 12.7 Å². The highest BCUT2D eigenvalue weighted by molar-refractivity contribution is 5.92. The van der Waals surface area contributed by atoms with Crippen molar-refractivity contribution in [1.29, 1.82) is 0 Å². The van der Waals surface area contributed by atoms with E-state index >= 15 is 0 Å². The van der Waals surface area contributed by atoms with Crippen molar-refractivity contribution in [2.75, 3.05) is 13.2 Å². The molecular formula is C13H21NO4. The first-order valence-corrected chi connectivity index (χ1v) is 5.96. The Morgan fingerprint density at radius 3 is 2.28 bits per heavy atom. The molecule has 0 saturated carbocycles. The lowest BCUT2D eigenvalue weighted by Gasteiger charge is -2.17. The Morgan fingerprint density at radius 1 is 1.28 bits per heavy atom. The molecule has 102 valence electrons. The molecule has 1 unspecified atom stereocenters. The Balaban J connectivity index is 4.02. The molecule has 0 aliphatic heterocycles. The molecule has 5 nitrogen and oxygen atoms in total. The van der Waals surface area contributed by atoms with Crippen LogP contribution in [0.25, 0.3) is 0 Å². The third kappa shape index (κ3) is 6.18. The molecule has 0 aromatic heterocycles. The van der Waals surface area contributed by atoms with Gasteiger partial charge in [-0.05, 0) is 12.8 Å². The van der Waals surface area contributed by atoms with Gasteiger partial charge in [0, 0.05) is 20.4 Å². The van der Waals surface area contributed by atoms with Crippen molar-refractivity contribution >= 4 is 17.8 Å². The Bertz CT molecular complexity index is 311. The van der Waals surface area contributed by atoms with E-state index in [1.165, 1.54) is 24.8 Å². The van der Waals surface area contributed by atoms with Gasteiger partial charge in [-0.15, -0.1) is 0 Å². The Morgan fingerprint density at radius 2 is 1.83 bits per heavy atom. The highest BCUT2D eigenvalue weighted by atomic mass is 16.5. The summed E-state index contributed by atoms with van der Waals surface area (Å²) < 4.78 is 4.90. The molecule has 1 atom stereocenters. The van der Waals surface area contributed by atoms with Gasteiger partial charge in [-0.25, -0.2) is 0 Å². The quantitative estimate of drug-likeness (QED) is 0.511. The predicted octanol–water partition coefficient (Wildman–Crippen LogP) is 1.53. The number of rotatable bonds is 7. The number of esters is 1. The average molecular weight is 255 g/mol. The van der Waals surface area contributed by atoms with Crippen LogP contribution in [-0.2, 0) is 19.1 Å². The monoisotopic (exact) mass is 255 g/mol. The first-order valence-electron chi connectivity index (χ1n) is 5.96. The van der Waals surface area contributed by atoms with Gasteiger partial charge in [0.25, 0.3) is 0 Å². The molecule has 0 spiro atoms. The second-order valence-corrected chi connectivity index (χ2v) is 4.15. The minimum Gasteiger partial charge on any atom is -0.461 e. The van der Waals surface area contributed by atoms with Crippen LogP contribution >= 0.6 is 0 Å². The summed E-state index contributed by atoms with van der Waals surface area (Å²) in [4.78, 5) is 34.9. The summed E-state index contributed by atoms with van der Waals surface area (Å²) in [6.45, 7) is 8.46. The summed E-state index contributed by atoms with van der Waals surface area (Å²) in [5.74, 6) is -1.08. The van der Waals surface area contributed by atoms with Gasteiger partial charge in [0.15, 0.2) is 0 Å². The van der Waals surface area contributed by atoms with Crippen LogP contribution in [0.4, 0.5) is 0 Å². The normalized spacial score (nSPS) is 11.5. The van der Waals surface area contributed by atoms with Crippen LogP contribution in [0.1, 0.15) is 33.6 Å². The molecule has 0 aromatic carbocycles. The zero-order valence-corrected chi connectivity index (χ0v) is 11.3. The number of nitrogens with zero attached hydrogens (tertiary/aromatic N) is 1. The van der Waals surface area contributed by atoms with E-state index in [4.69, 9.17) is 4.74 Å². The summed E-state index contributed by atoms with van der Waals surface area (Å²) in [5.41, 5.74) is 0. The van der Waals surface area contributed by atoms with Gasteiger partial charge >= 0.3 is 5.97 Å². The summed E-state index contributed by atoms with van der Waals surface area (Å²) in [5, 5.41) is 0. The van der Waals surface area contributed by atoms with Gasteiger partial charge in [-0.1, -0.05) is 19.6 Å². The zero-order chi connectivity index (χ0) is 14.1.